The predicted octanol–water partition coefficient (Wildman–Crippen LogP) is 8.43. The summed E-state index contributed by atoms with van der Waals surface area (Å²) in [6, 6.07) is 10.3. The summed E-state index contributed by atoms with van der Waals surface area (Å²) in [5.41, 5.74) is 1.17. The van der Waals surface area contributed by atoms with Crippen molar-refractivity contribution < 1.29 is 14.6 Å². The molecular formula is C29H52O3Sn. The normalized spacial score (nSPS) is 13.4. The molecule has 1 unspecified atom stereocenters. The molecule has 0 fully saturated rings. The summed E-state index contributed by atoms with van der Waals surface area (Å²) in [6.45, 7) is 10.3. The van der Waals surface area contributed by atoms with Crippen LogP contribution in [0, 0.1) is 0 Å². The molecule has 0 aromatic heterocycles. The van der Waals surface area contributed by atoms with Crippen molar-refractivity contribution in [1.29, 1.82) is 0 Å². The molecule has 0 spiro atoms. The van der Waals surface area contributed by atoms with Gasteiger partial charge in [-0.2, -0.15) is 0 Å². The number of benzene rings is 1. The van der Waals surface area contributed by atoms with Crippen LogP contribution in [0.3, 0.4) is 0 Å². The van der Waals surface area contributed by atoms with Gasteiger partial charge in [-0.05, 0) is 0 Å². The van der Waals surface area contributed by atoms with Crippen molar-refractivity contribution in [2.24, 2.45) is 0 Å². The molecule has 0 saturated carbocycles. The van der Waals surface area contributed by atoms with E-state index in [2.05, 4.69) is 45.9 Å². The zero-order valence-electron chi connectivity index (χ0n) is 22.1. The van der Waals surface area contributed by atoms with Crippen LogP contribution in [0.25, 0.3) is 0 Å². The fourth-order valence-electron chi connectivity index (χ4n) is 4.70. The maximum absolute atomic E-state index is 10.6. The third-order valence-electron chi connectivity index (χ3n) is 6.83. The SMILES string of the molecule is CCCCCC(/C=[C](\CO)[Sn]([CH2]CCC)([CH2]CCC)[CH2]CCC)OCOCc1ccccc1. The Morgan fingerprint density at radius 3 is 1.94 bits per heavy atom. The van der Waals surface area contributed by atoms with E-state index in [0.717, 1.165) is 12.8 Å². The Bertz CT molecular complexity index is 580. The van der Waals surface area contributed by atoms with Gasteiger partial charge in [0.05, 0.1) is 0 Å². The van der Waals surface area contributed by atoms with E-state index in [1.54, 1.807) is 0 Å². The van der Waals surface area contributed by atoms with Crippen LogP contribution < -0.4 is 0 Å². The molecule has 1 aromatic carbocycles. The van der Waals surface area contributed by atoms with Gasteiger partial charge in [0, 0.05) is 0 Å². The molecule has 0 aliphatic rings. The van der Waals surface area contributed by atoms with E-state index < -0.39 is 18.4 Å². The van der Waals surface area contributed by atoms with Gasteiger partial charge in [0.2, 0.25) is 0 Å². The molecule has 0 aliphatic carbocycles. The molecule has 0 saturated heterocycles. The molecule has 190 valence electrons. The first kappa shape index (κ1) is 30.7. The van der Waals surface area contributed by atoms with Crippen molar-refractivity contribution in [1.82, 2.24) is 0 Å². The Hall–Kier alpha value is -0.361. The zero-order valence-corrected chi connectivity index (χ0v) is 25.0. The van der Waals surface area contributed by atoms with Gasteiger partial charge in [-0.3, -0.25) is 0 Å². The number of unbranched alkanes of at least 4 members (excludes halogenated alkanes) is 5. The summed E-state index contributed by atoms with van der Waals surface area (Å²) in [6.07, 6.45) is 14.7. The van der Waals surface area contributed by atoms with Gasteiger partial charge in [0.25, 0.3) is 0 Å². The fourth-order valence-corrected chi connectivity index (χ4v) is 20.9. The van der Waals surface area contributed by atoms with Gasteiger partial charge in [0.15, 0.2) is 0 Å². The average molecular weight is 567 g/mol. The Balaban J connectivity index is 2.99. The van der Waals surface area contributed by atoms with Crippen molar-refractivity contribution in [3.05, 3.63) is 45.6 Å². The molecule has 3 nitrogen and oxygen atoms in total. The topological polar surface area (TPSA) is 38.7 Å². The van der Waals surface area contributed by atoms with Gasteiger partial charge in [-0.25, -0.2) is 0 Å². The van der Waals surface area contributed by atoms with Crippen LogP contribution in [-0.2, 0) is 16.1 Å². The number of aliphatic hydroxyl groups is 1. The first-order chi connectivity index (χ1) is 16.2. The van der Waals surface area contributed by atoms with Gasteiger partial charge >= 0.3 is 210 Å². The number of rotatable bonds is 21. The van der Waals surface area contributed by atoms with Gasteiger partial charge in [0.1, 0.15) is 0 Å². The third kappa shape index (κ3) is 12.8. The number of hydrogen-bond donors (Lipinski definition) is 1. The number of ether oxygens (including phenoxy) is 2. The van der Waals surface area contributed by atoms with Crippen molar-refractivity contribution in [3.63, 3.8) is 0 Å². The van der Waals surface area contributed by atoms with E-state index >= 15 is 0 Å². The van der Waals surface area contributed by atoms with E-state index in [0.29, 0.717) is 13.4 Å². The quantitative estimate of drug-likeness (QED) is 0.0921. The van der Waals surface area contributed by atoms with E-state index in [1.165, 1.54) is 73.8 Å². The van der Waals surface area contributed by atoms with Crippen molar-refractivity contribution >= 4 is 18.4 Å². The van der Waals surface area contributed by atoms with Crippen LogP contribution in [0.2, 0.25) is 13.3 Å². The molecule has 0 heterocycles. The standard InChI is InChI=1S/C17H25O3.3C4H9.Sn/c1-2-3-5-11-17(12-8-13-18)20-15-19-14-16-9-6-4-7-10-16;3*1-3-4-2;/h4,6-7,9-10,12,17-18H,2-3,5,11,13-15H2,1H3;3*1,3-4H2,2H3;. The molecule has 1 N–H and O–H groups in total. The molecular weight excluding hydrogens is 515 g/mol. The molecule has 4 heteroatoms. The zero-order chi connectivity index (χ0) is 24.2. The maximum atomic E-state index is 10.6. The Morgan fingerprint density at radius 1 is 0.848 bits per heavy atom. The minimum atomic E-state index is -2.64. The molecule has 1 aromatic rings. The van der Waals surface area contributed by atoms with Gasteiger partial charge in [-0.1, -0.05) is 0 Å². The Kier molecular flexibility index (Phi) is 18.5. The Morgan fingerprint density at radius 2 is 1.42 bits per heavy atom. The molecule has 0 radical (unpaired) electrons. The molecule has 0 amide bonds. The molecule has 1 rings (SSSR count). The summed E-state index contributed by atoms with van der Waals surface area (Å²) in [4.78, 5) is 0. The second-order valence-corrected chi connectivity index (χ2v) is 23.0. The second kappa shape index (κ2) is 19.9. The van der Waals surface area contributed by atoms with Crippen molar-refractivity contribution in [2.75, 3.05) is 13.4 Å². The first-order valence-electron chi connectivity index (χ1n) is 13.7. The van der Waals surface area contributed by atoms with Crippen LogP contribution in [-0.4, -0.2) is 43.0 Å². The van der Waals surface area contributed by atoms with Crippen LogP contribution in [0.1, 0.15) is 97.5 Å². The predicted molar refractivity (Wildman–Crippen MR) is 145 cm³/mol. The monoisotopic (exact) mass is 568 g/mol. The molecule has 0 bridgehead atoms. The number of aliphatic hydroxyl groups excluding tert-OH is 1. The Labute approximate surface area is 209 Å². The fraction of sp³-hybridized carbons (Fsp3) is 0.724. The summed E-state index contributed by atoms with van der Waals surface area (Å²) < 4.78 is 17.7. The van der Waals surface area contributed by atoms with E-state index in [4.69, 9.17) is 9.47 Å². The van der Waals surface area contributed by atoms with Crippen LogP contribution >= 0.6 is 0 Å². The van der Waals surface area contributed by atoms with Gasteiger partial charge < -0.3 is 0 Å². The third-order valence-corrected chi connectivity index (χ3v) is 22.9. The average Bonchev–Trinajstić information content (AvgIpc) is 2.85. The summed E-state index contributed by atoms with van der Waals surface area (Å²) in [5.74, 6) is 0. The first-order valence-corrected chi connectivity index (χ1v) is 21.2. The van der Waals surface area contributed by atoms with E-state index in [1.807, 2.05) is 18.2 Å². The summed E-state index contributed by atoms with van der Waals surface area (Å²) >= 11 is -2.64. The minimum absolute atomic E-state index is 0.0513. The van der Waals surface area contributed by atoms with Crippen molar-refractivity contribution in [2.45, 2.75) is 118 Å². The van der Waals surface area contributed by atoms with Crippen LogP contribution in [0.15, 0.2) is 40.0 Å². The molecule has 0 aliphatic heterocycles. The number of hydrogen-bond acceptors (Lipinski definition) is 3. The van der Waals surface area contributed by atoms with Gasteiger partial charge in [-0.15, -0.1) is 0 Å². The molecule has 1 atom stereocenters. The summed E-state index contributed by atoms with van der Waals surface area (Å²) in [5, 5.41) is 10.6. The van der Waals surface area contributed by atoms with E-state index in [-0.39, 0.29) is 12.7 Å². The van der Waals surface area contributed by atoms with Crippen LogP contribution in [0.5, 0.6) is 0 Å². The van der Waals surface area contributed by atoms with Crippen molar-refractivity contribution in [3.8, 4) is 0 Å². The second-order valence-electron chi connectivity index (χ2n) is 9.59. The van der Waals surface area contributed by atoms with Crippen LogP contribution in [0.4, 0.5) is 0 Å². The summed E-state index contributed by atoms with van der Waals surface area (Å²) in [7, 11) is 0. The molecule has 33 heavy (non-hydrogen) atoms. The van der Waals surface area contributed by atoms with E-state index in [9.17, 15) is 5.11 Å².